The van der Waals surface area contributed by atoms with Crippen molar-refractivity contribution in [2.24, 2.45) is 0 Å². The average Bonchev–Trinajstić information content (AvgIpc) is 2.47. The Morgan fingerprint density at radius 3 is 2.43 bits per heavy atom. The number of carboxylic acid groups (broad SMARTS) is 1. The Morgan fingerprint density at radius 1 is 1.10 bits per heavy atom. The molecule has 1 N–H and O–H groups in total. The van der Waals surface area contributed by atoms with Gasteiger partial charge in [-0.2, -0.15) is 0 Å². The zero-order valence-corrected chi connectivity index (χ0v) is 13.6. The maximum absolute atomic E-state index is 12.5. The second-order valence-electron chi connectivity index (χ2n) is 5.97. The van der Waals surface area contributed by atoms with Gasteiger partial charge < -0.3 is 10.0 Å². The van der Waals surface area contributed by atoms with E-state index >= 15 is 0 Å². The Morgan fingerprint density at radius 2 is 1.76 bits per heavy atom. The summed E-state index contributed by atoms with van der Waals surface area (Å²) >= 11 is 0. The van der Waals surface area contributed by atoms with Gasteiger partial charge in [0.15, 0.2) is 0 Å². The second-order valence-corrected chi connectivity index (χ2v) is 5.97. The maximum Gasteiger partial charge on any atom is 0.320 e. The number of halogens is 1. The zero-order valence-electron chi connectivity index (χ0n) is 12.8. The zero-order chi connectivity index (χ0) is 14.5. The molecule has 0 aromatic rings. The SMILES string of the molecule is CCC1CCCCN1C(=O)CN1CCCCC1C(=O)O.Cl. The summed E-state index contributed by atoms with van der Waals surface area (Å²) in [6, 6.07) is -0.123. The molecule has 122 valence electrons. The molecule has 2 rings (SSSR count). The van der Waals surface area contributed by atoms with E-state index in [4.69, 9.17) is 0 Å². The smallest absolute Gasteiger partial charge is 0.320 e. The molecule has 0 spiro atoms. The molecule has 21 heavy (non-hydrogen) atoms. The van der Waals surface area contributed by atoms with Gasteiger partial charge >= 0.3 is 5.97 Å². The first-order chi connectivity index (χ1) is 9.63. The Kier molecular flexibility index (Phi) is 7.46. The van der Waals surface area contributed by atoms with Gasteiger partial charge in [-0.3, -0.25) is 14.5 Å². The fraction of sp³-hybridized carbons (Fsp3) is 0.867. The van der Waals surface area contributed by atoms with Gasteiger partial charge in [-0.25, -0.2) is 0 Å². The predicted molar refractivity (Wildman–Crippen MR) is 83.7 cm³/mol. The van der Waals surface area contributed by atoms with E-state index in [0.717, 1.165) is 45.2 Å². The number of carbonyl (C=O) groups is 2. The first-order valence-electron chi connectivity index (χ1n) is 7.89. The van der Waals surface area contributed by atoms with Crippen molar-refractivity contribution in [1.29, 1.82) is 0 Å². The number of amides is 1. The topological polar surface area (TPSA) is 60.9 Å². The van der Waals surface area contributed by atoms with Crippen molar-refractivity contribution in [3.05, 3.63) is 0 Å². The van der Waals surface area contributed by atoms with Crippen LogP contribution in [0, 0.1) is 0 Å². The molecule has 6 heteroatoms. The Hall–Kier alpha value is -0.810. The molecule has 2 aliphatic rings. The minimum absolute atomic E-state index is 0. The molecule has 5 nitrogen and oxygen atoms in total. The highest BCUT2D eigenvalue weighted by atomic mass is 35.5. The number of hydrogen-bond acceptors (Lipinski definition) is 3. The van der Waals surface area contributed by atoms with Crippen molar-refractivity contribution in [1.82, 2.24) is 9.80 Å². The molecule has 0 aliphatic carbocycles. The van der Waals surface area contributed by atoms with Gasteiger partial charge in [0.2, 0.25) is 5.91 Å². The van der Waals surface area contributed by atoms with Crippen LogP contribution in [-0.2, 0) is 9.59 Å². The Bertz CT molecular complexity index is 365. The molecular weight excluding hydrogens is 292 g/mol. The van der Waals surface area contributed by atoms with Crippen LogP contribution in [0.3, 0.4) is 0 Å². The van der Waals surface area contributed by atoms with Crippen molar-refractivity contribution >= 4 is 24.3 Å². The van der Waals surface area contributed by atoms with Gasteiger partial charge in [-0.05, 0) is 45.1 Å². The van der Waals surface area contributed by atoms with Crippen LogP contribution in [0.15, 0.2) is 0 Å². The summed E-state index contributed by atoms with van der Waals surface area (Å²) in [4.78, 5) is 27.6. The minimum Gasteiger partial charge on any atom is -0.480 e. The summed E-state index contributed by atoms with van der Waals surface area (Å²) in [5.74, 6) is -0.673. The maximum atomic E-state index is 12.5. The number of rotatable bonds is 4. The molecule has 2 heterocycles. The molecule has 2 saturated heterocycles. The first kappa shape index (κ1) is 18.2. The lowest BCUT2D eigenvalue weighted by Gasteiger charge is -2.38. The van der Waals surface area contributed by atoms with E-state index in [1.807, 2.05) is 9.80 Å². The van der Waals surface area contributed by atoms with Gasteiger partial charge in [-0.1, -0.05) is 13.3 Å². The molecule has 2 aliphatic heterocycles. The summed E-state index contributed by atoms with van der Waals surface area (Å²) in [5.41, 5.74) is 0. The highest BCUT2D eigenvalue weighted by Crippen LogP contribution is 2.21. The van der Waals surface area contributed by atoms with Crippen molar-refractivity contribution < 1.29 is 14.7 Å². The standard InChI is InChI=1S/C15H26N2O3.ClH/c1-2-12-7-3-6-10-17(12)14(18)11-16-9-5-4-8-13(16)15(19)20;/h12-13H,2-11H2,1H3,(H,19,20);1H. The number of aliphatic carboxylic acids is 1. The average molecular weight is 319 g/mol. The van der Waals surface area contributed by atoms with Gasteiger partial charge in [-0.15, -0.1) is 12.4 Å². The molecule has 2 unspecified atom stereocenters. The number of likely N-dealkylation sites (tertiary alicyclic amines) is 2. The third-order valence-electron chi connectivity index (χ3n) is 4.66. The van der Waals surface area contributed by atoms with Gasteiger partial charge in [0.25, 0.3) is 0 Å². The monoisotopic (exact) mass is 318 g/mol. The van der Waals surface area contributed by atoms with E-state index < -0.39 is 12.0 Å². The molecule has 0 aromatic heterocycles. The van der Waals surface area contributed by atoms with Crippen LogP contribution in [0.25, 0.3) is 0 Å². The van der Waals surface area contributed by atoms with Crippen molar-refractivity contribution in [3.8, 4) is 0 Å². The molecule has 0 saturated carbocycles. The molecule has 2 atom stereocenters. The number of carboxylic acids is 1. The number of piperidine rings is 2. The molecule has 0 radical (unpaired) electrons. The van der Waals surface area contributed by atoms with Crippen molar-refractivity contribution in [2.75, 3.05) is 19.6 Å². The van der Waals surface area contributed by atoms with Crippen LogP contribution in [-0.4, -0.2) is 58.5 Å². The Labute approximate surface area is 133 Å². The molecule has 0 aromatic carbocycles. The van der Waals surface area contributed by atoms with Crippen molar-refractivity contribution in [2.45, 2.75) is 64.0 Å². The largest absolute Gasteiger partial charge is 0.480 e. The van der Waals surface area contributed by atoms with Crippen LogP contribution >= 0.6 is 12.4 Å². The minimum atomic E-state index is -0.789. The van der Waals surface area contributed by atoms with Crippen LogP contribution in [0.1, 0.15) is 51.9 Å². The quantitative estimate of drug-likeness (QED) is 0.862. The molecule has 2 fully saturated rings. The van der Waals surface area contributed by atoms with Crippen LogP contribution < -0.4 is 0 Å². The third kappa shape index (κ3) is 4.58. The lowest BCUT2D eigenvalue weighted by molar-refractivity contribution is -0.147. The molecular formula is C15H27ClN2O3. The summed E-state index contributed by atoms with van der Waals surface area (Å²) in [5, 5.41) is 9.26. The van der Waals surface area contributed by atoms with E-state index in [0.29, 0.717) is 12.5 Å². The highest BCUT2D eigenvalue weighted by molar-refractivity contribution is 5.85. The van der Waals surface area contributed by atoms with E-state index in [1.165, 1.54) is 6.42 Å². The lowest BCUT2D eigenvalue weighted by atomic mass is 9.99. The summed E-state index contributed by atoms with van der Waals surface area (Å²) in [6.45, 7) is 3.96. The van der Waals surface area contributed by atoms with E-state index in [1.54, 1.807) is 0 Å². The van der Waals surface area contributed by atoms with E-state index in [9.17, 15) is 14.7 Å². The second kappa shape index (κ2) is 8.59. The number of hydrogen-bond donors (Lipinski definition) is 1. The van der Waals surface area contributed by atoms with Crippen LogP contribution in [0.4, 0.5) is 0 Å². The number of nitrogens with zero attached hydrogens (tertiary/aromatic N) is 2. The first-order valence-corrected chi connectivity index (χ1v) is 7.89. The predicted octanol–water partition coefficient (Wildman–Crippen LogP) is 2.14. The molecule has 1 amide bonds. The van der Waals surface area contributed by atoms with Crippen LogP contribution in [0.5, 0.6) is 0 Å². The summed E-state index contributed by atoms with van der Waals surface area (Å²) in [6.07, 6.45) is 6.96. The van der Waals surface area contributed by atoms with Gasteiger partial charge in [0, 0.05) is 12.6 Å². The van der Waals surface area contributed by atoms with Crippen LogP contribution in [0.2, 0.25) is 0 Å². The molecule has 0 bridgehead atoms. The normalized spacial score (nSPS) is 27.0. The van der Waals surface area contributed by atoms with E-state index in [-0.39, 0.29) is 24.9 Å². The summed E-state index contributed by atoms with van der Waals surface area (Å²) < 4.78 is 0. The fourth-order valence-electron chi connectivity index (χ4n) is 3.48. The van der Waals surface area contributed by atoms with Gasteiger partial charge in [0.05, 0.1) is 6.54 Å². The van der Waals surface area contributed by atoms with Crippen molar-refractivity contribution in [3.63, 3.8) is 0 Å². The summed E-state index contributed by atoms with van der Waals surface area (Å²) in [7, 11) is 0. The fourth-order valence-corrected chi connectivity index (χ4v) is 3.48. The lowest BCUT2D eigenvalue weighted by Crippen LogP contribution is -2.52. The van der Waals surface area contributed by atoms with E-state index in [2.05, 4.69) is 6.92 Å². The van der Waals surface area contributed by atoms with Gasteiger partial charge in [0.1, 0.15) is 6.04 Å². The third-order valence-corrected chi connectivity index (χ3v) is 4.66. The number of carbonyl (C=O) groups excluding carboxylic acids is 1. The Balaban J connectivity index is 0.00000220. The highest BCUT2D eigenvalue weighted by Gasteiger charge is 2.32.